The van der Waals surface area contributed by atoms with Gasteiger partial charge >= 0.3 is 5.97 Å². The maximum absolute atomic E-state index is 12.7. The van der Waals surface area contributed by atoms with Crippen LogP contribution < -0.4 is 5.56 Å². The molecule has 0 spiro atoms. The van der Waals surface area contributed by atoms with E-state index in [9.17, 15) is 9.59 Å². The van der Waals surface area contributed by atoms with Gasteiger partial charge < -0.3 is 14.3 Å². The lowest BCUT2D eigenvalue weighted by Crippen LogP contribution is -2.14. The minimum atomic E-state index is -0.442. The van der Waals surface area contributed by atoms with Gasteiger partial charge in [-0.25, -0.2) is 9.78 Å². The number of benzene rings is 1. The molecular weight excluding hydrogens is 398 g/mol. The first-order valence-corrected chi connectivity index (χ1v) is 10.5. The van der Waals surface area contributed by atoms with Crippen LogP contribution in [0.2, 0.25) is 0 Å². The zero-order valence-corrected chi connectivity index (χ0v) is 18.4. The number of fused-ring (bicyclic) bond motifs is 1. The number of aromatic amines is 1. The average molecular weight is 422 g/mol. The van der Waals surface area contributed by atoms with Gasteiger partial charge in [-0.05, 0) is 58.4 Å². The van der Waals surface area contributed by atoms with Crippen LogP contribution in [-0.2, 0) is 11.3 Å². The SMILES string of the molecule is Cc1ccc(-n2c(C)cc(C(=O)OCc3nc4sc(C)c(C)c4c(=O)[nH]3)c2C)cc1. The minimum Gasteiger partial charge on any atom is -0.454 e. The molecule has 0 unspecified atom stereocenters. The van der Waals surface area contributed by atoms with E-state index >= 15 is 0 Å². The number of esters is 1. The number of aromatic nitrogens is 3. The lowest BCUT2D eigenvalue weighted by molar-refractivity contribution is 0.0461. The predicted molar refractivity (Wildman–Crippen MR) is 119 cm³/mol. The van der Waals surface area contributed by atoms with E-state index in [1.807, 2.05) is 69.5 Å². The molecule has 0 aliphatic heterocycles. The van der Waals surface area contributed by atoms with E-state index in [1.165, 1.54) is 16.9 Å². The van der Waals surface area contributed by atoms with Gasteiger partial charge in [-0.2, -0.15) is 0 Å². The van der Waals surface area contributed by atoms with Gasteiger partial charge in [0, 0.05) is 22.0 Å². The van der Waals surface area contributed by atoms with Crippen LogP contribution in [0.15, 0.2) is 35.1 Å². The van der Waals surface area contributed by atoms with E-state index in [0.29, 0.717) is 21.6 Å². The van der Waals surface area contributed by atoms with Gasteiger partial charge in [0.05, 0.1) is 10.9 Å². The molecular formula is C23H23N3O3S. The van der Waals surface area contributed by atoms with Crippen molar-refractivity contribution in [1.29, 1.82) is 0 Å². The summed E-state index contributed by atoms with van der Waals surface area (Å²) in [6.07, 6.45) is 0. The van der Waals surface area contributed by atoms with Crippen molar-refractivity contribution in [3.05, 3.63) is 79.5 Å². The Morgan fingerprint density at radius 1 is 1.13 bits per heavy atom. The van der Waals surface area contributed by atoms with E-state index in [1.54, 1.807) is 0 Å². The smallest absolute Gasteiger partial charge is 0.340 e. The molecule has 0 radical (unpaired) electrons. The molecule has 3 heterocycles. The zero-order chi connectivity index (χ0) is 21.6. The minimum absolute atomic E-state index is 0.0891. The van der Waals surface area contributed by atoms with Crippen LogP contribution in [0.25, 0.3) is 15.9 Å². The third kappa shape index (κ3) is 3.45. The van der Waals surface area contributed by atoms with E-state index in [0.717, 1.165) is 27.5 Å². The number of aryl methyl sites for hydroxylation is 4. The Labute approximate surface area is 178 Å². The third-order valence-corrected chi connectivity index (χ3v) is 6.47. The molecule has 1 N–H and O–H groups in total. The summed E-state index contributed by atoms with van der Waals surface area (Å²) in [5.41, 5.74) is 5.16. The van der Waals surface area contributed by atoms with E-state index < -0.39 is 5.97 Å². The molecule has 7 heteroatoms. The van der Waals surface area contributed by atoms with E-state index in [-0.39, 0.29) is 12.2 Å². The molecule has 0 fully saturated rings. The molecule has 3 aromatic heterocycles. The van der Waals surface area contributed by atoms with Gasteiger partial charge in [0.15, 0.2) is 0 Å². The molecule has 0 amide bonds. The number of carbonyl (C=O) groups excluding carboxylic acids is 1. The predicted octanol–water partition coefficient (Wildman–Crippen LogP) is 4.67. The summed E-state index contributed by atoms with van der Waals surface area (Å²) >= 11 is 1.47. The van der Waals surface area contributed by atoms with Crippen LogP contribution in [0, 0.1) is 34.6 Å². The monoisotopic (exact) mass is 421 g/mol. The van der Waals surface area contributed by atoms with Crippen LogP contribution in [0.3, 0.4) is 0 Å². The molecule has 4 rings (SSSR count). The lowest BCUT2D eigenvalue weighted by Gasteiger charge is -2.10. The van der Waals surface area contributed by atoms with Crippen molar-refractivity contribution in [3.8, 4) is 5.69 Å². The first-order chi connectivity index (χ1) is 14.3. The first-order valence-electron chi connectivity index (χ1n) is 9.68. The first kappa shape index (κ1) is 20.1. The highest BCUT2D eigenvalue weighted by molar-refractivity contribution is 7.18. The highest BCUT2D eigenvalue weighted by atomic mass is 32.1. The summed E-state index contributed by atoms with van der Waals surface area (Å²) in [4.78, 5) is 34.1. The van der Waals surface area contributed by atoms with Gasteiger partial charge in [0.1, 0.15) is 17.3 Å². The fourth-order valence-corrected chi connectivity index (χ4v) is 4.69. The molecule has 154 valence electrons. The van der Waals surface area contributed by atoms with Crippen molar-refractivity contribution in [1.82, 2.24) is 14.5 Å². The summed E-state index contributed by atoms with van der Waals surface area (Å²) in [5, 5.41) is 0.606. The lowest BCUT2D eigenvalue weighted by atomic mass is 10.2. The highest BCUT2D eigenvalue weighted by Gasteiger charge is 2.19. The molecule has 0 atom stereocenters. The number of H-pyrrole nitrogens is 1. The van der Waals surface area contributed by atoms with Crippen molar-refractivity contribution in [2.75, 3.05) is 0 Å². The average Bonchev–Trinajstić information content (AvgIpc) is 3.16. The maximum atomic E-state index is 12.7. The van der Waals surface area contributed by atoms with Crippen molar-refractivity contribution in [2.24, 2.45) is 0 Å². The standard InChI is InChI=1S/C23H23N3O3S/c1-12-6-8-17(9-7-12)26-13(2)10-18(15(26)4)23(28)29-11-19-24-21(27)20-14(3)16(5)30-22(20)25-19/h6-10H,11H2,1-5H3,(H,24,25,27). The molecule has 0 bridgehead atoms. The second kappa shape index (κ2) is 7.57. The molecule has 30 heavy (non-hydrogen) atoms. The van der Waals surface area contributed by atoms with Gasteiger partial charge in [0.2, 0.25) is 0 Å². The number of carbonyl (C=O) groups is 1. The van der Waals surface area contributed by atoms with Gasteiger partial charge in [-0.15, -0.1) is 11.3 Å². The third-order valence-electron chi connectivity index (χ3n) is 5.37. The van der Waals surface area contributed by atoms with Crippen LogP contribution in [-0.4, -0.2) is 20.5 Å². The number of rotatable bonds is 4. The Balaban J connectivity index is 1.58. The Bertz CT molecular complexity index is 1330. The van der Waals surface area contributed by atoms with E-state index in [2.05, 4.69) is 9.97 Å². The van der Waals surface area contributed by atoms with Crippen molar-refractivity contribution >= 4 is 27.5 Å². The normalized spacial score (nSPS) is 11.2. The summed E-state index contributed by atoms with van der Waals surface area (Å²) in [7, 11) is 0. The number of hydrogen-bond acceptors (Lipinski definition) is 5. The summed E-state index contributed by atoms with van der Waals surface area (Å²) in [6.45, 7) is 9.68. The number of hydrogen-bond donors (Lipinski definition) is 1. The Morgan fingerprint density at radius 3 is 2.53 bits per heavy atom. The summed E-state index contributed by atoms with van der Waals surface area (Å²) in [5.74, 6) is -0.0998. The summed E-state index contributed by atoms with van der Waals surface area (Å²) < 4.78 is 7.51. The highest BCUT2D eigenvalue weighted by Crippen LogP contribution is 2.26. The Kier molecular flexibility index (Phi) is 5.07. The molecule has 0 aliphatic carbocycles. The second-order valence-electron chi connectivity index (χ2n) is 7.51. The van der Waals surface area contributed by atoms with E-state index in [4.69, 9.17) is 4.74 Å². The van der Waals surface area contributed by atoms with Gasteiger partial charge in [-0.1, -0.05) is 17.7 Å². The molecule has 6 nitrogen and oxygen atoms in total. The molecule has 0 saturated carbocycles. The Hall–Kier alpha value is -3.19. The van der Waals surface area contributed by atoms with Crippen molar-refractivity contribution in [3.63, 3.8) is 0 Å². The van der Waals surface area contributed by atoms with Crippen LogP contribution in [0.5, 0.6) is 0 Å². The van der Waals surface area contributed by atoms with Crippen LogP contribution >= 0.6 is 11.3 Å². The fraction of sp³-hybridized carbons (Fsp3) is 0.261. The van der Waals surface area contributed by atoms with Crippen LogP contribution in [0.1, 0.15) is 43.6 Å². The van der Waals surface area contributed by atoms with Crippen molar-refractivity contribution in [2.45, 2.75) is 41.2 Å². The second-order valence-corrected chi connectivity index (χ2v) is 8.71. The molecule has 0 aliphatic rings. The quantitative estimate of drug-likeness (QED) is 0.486. The number of ether oxygens (including phenoxy) is 1. The molecule has 1 aromatic carbocycles. The molecule has 0 saturated heterocycles. The topological polar surface area (TPSA) is 77.0 Å². The van der Waals surface area contributed by atoms with Crippen LogP contribution in [0.4, 0.5) is 0 Å². The Morgan fingerprint density at radius 2 is 1.83 bits per heavy atom. The largest absolute Gasteiger partial charge is 0.454 e. The fourth-order valence-electron chi connectivity index (χ4n) is 3.64. The van der Waals surface area contributed by atoms with Crippen molar-refractivity contribution < 1.29 is 9.53 Å². The zero-order valence-electron chi connectivity index (χ0n) is 17.6. The number of thiophene rings is 1. The van der Waals surface area contributed by atoms with Gasteiger partial charge in [0.25, 0.3) is 5.56 Å². The summed E-state index contributed by atoms with van der Waals surface area (Å²) in [6, 6.07) is 9.96. The van der Waals surface area contributed by atoms with Gasteiger partial charge in [-0.3, -0.25) is 4.79 Å². The molecule has 4 aromatic rings. The number of nitrogens with one attached hydrogen (secondary N) is 1. The maximum Gasteiger partial charge on any atom is 0.340 e. The number of nitrogens with zero attached hydrogens (tertiary/aromatic N) is 2.